The number of aliphatic hydroxyl groups excluding tert-OH is 1. The van der Waals surface area contributed by atoms with Crippen molar-refractivity contribution in [2.75, 3.05) is 19.8 Å². The fourth-order valence-electron chi connectivity index (χ4n) is 1.78. The molecule has 0 saturated heterocycles. The smallest absolute Gasteiger partial charge is 0.244 e. The Balaban J connectivity index is 2.40. The van der Waals surface area contributed by atoms with Gasteiger partial charge in [-0.05, 0) is 36.1 Å². The van der Waals surface area contributed by atoms with E-state index < -0.39 is 6.10 Å². The van der Waals surface area contributed by atoms with Gasteiger partial charge in [-0.1, -0.05) is 26.0 Å². The van der Waals surface area contributed by atoms with Crippen LogP contribution in [0.15, 0.2) is 30.3 Å². The lowest BCUT2D eigenvalue weighted by atomic mass is 10.1. The maximum atomic E-state index is 13.1. The Morgan fingerprint density at radius 1 is 1.41 bits per heavy atom. The van der Waals surface area contributed by atoms with E-state index in [0.717, 1.165) is 0 Å². The number of carbonyl (C=O) groups is 1. The molecular formula is C17H24FNO3. The third kappa shape index (κ3) is 7.33. The first-order valence-corrected chi connectivity index (χ1v) is 7.36. The van der Waals surface area contributed by atoms with Crippen LogP contribution in [0, 0.1) is 11.7 Å². The minimum Gasteiger partial charge on any atom is -0.389 e. The predicted octanol–water partition coefficient (Wildman–Crippen LogP) is 2.38. The molecule has 1 amide bonds. The lowest BCUT2D eigenvalue weighted by molar-refractivity contribution is -0.117. The monoisotopic (exact) mass is 309 g/mol. The Morgan fingerprint density at radius 2 is 2.14 bits per heavy atom. The topological polar surface area (TPSA) is 58.6 Å². The molecule has 2 N–H and O–H groups in total. The van der Waals surface area contributed by atoms with Crippen LogP contribution >= 0.6 is 0 Å². The standard InChI is InChI=1S/C17H24FNO3/c1-12(2)10-22-11-16(20)9-19-17(21)7-13(3)14-5-4-6-15(18)8-14/h4-8,12,16,20H,9-11H2,1-3H3,(H,19,21). The number of allylic oxidation sites excluding steroid dienone is 1. The van der Waals surface area contributed by atoms with E-state index in [-0.39, 0.29) is 24.9 Å². The summed E-state index contributed by atoms with van der Waals surface area (Å²) in [5.74, 6) is -0.272. The van der Waals surface area contributed by atoms with Gasteiger partial charge >= 0.3 is 0 Å². The molecule has 4 nitrogen and oxygen atoms in total. The van der Waals surface area contributed by atoms with Crippen LogP contribution in [0.3, 0.4) is 0 Å². The predicted molar refractivity (Wildman–Crippen MR) is 84.7 cm³/mol. The summed E-state index contributed by atoms with van der Waals surface area (Å²) in [5.41, 5.74) is 1.30. The van der Waals surface area contributed by atoms with Crippen molar-refractivity contribution in [2.45, 2.75) is 26.9 Å². The molecule has 0 aliphatic rings. The van der Waals surface area contributed by atoms with Crippen LogP contribution < -0.4 is 5.32 Å². The lowest BCUT2D eigenvalue weighted by Crippen LogP contribution is -2.34. The maximum absolute atomic E-state index is 13.1. The molecule has 0 saturated carbocycles. The molecule has 1 atom stereocenters. The number of benzene rings is 1. The largest absolute Gasteiger partial charge is 0.389 e. The highest BCUT2D eigenvalue weighted by Gasteiger charge is 2.07. The second-order valence-corrected chi connectivity index (χ2v) is 5.67. The van der Waals surface area contributed by atoms with E-state index in [0.29, 0.717) is 23.7 Å². The Labute approximate surface area is 131 Å². The Kier molecular flexibility index (Phi) is 7.77. The number of rotatable bonds is 8. The fraction of sp³-hybridized carbons (Fsp3) is 0.471. The minimum absolute atomic E-state index is 0.115. The highest BCUT2D eigenvalue weighted by molar-refractivity contribution is 5.94. The molecule has 0 aliphatic carbocycles. The zero-order valence-electron chi connectivity index (χ0n) is 13.3. The average Bonchev–Trinajstić information content (AvgIpc) is 2.44. The molecule has 1 aromatic rings. The van der Waals surface area contributed by atoms with Gasteiger partial charge in [0.15, 0.2) is 0 Å². The van der Waals surface area contributed by atoms with Crippen LogP contribution in [0.25, 0.3) is 5.57 Å². The van der Waals surface area contributed by atoms with Crippen LogP contribution in [-0.4, -0.2) is 36.9 Å². The Hall–Kier alpha value is -1.72. The highest BCUT2D eigenvalue weighted by atomic mass is 19.1. The van der Waals surface area contributed by atoms with E-state index in [1.165, 1.54) is 18.2 Å². The van der Waals surface area contributed by atoms with Crippen molar-refractivity contribution in [2.24, 2.45) is 5.92 Å². The minimum atomic E-state index is -0.745. The number of amides is 1. The van der Waals surface area contributed by atoms with Crippen molar-refractivity contribution in [3.63, 3.8) is 0 Å². The summed E-state index contributed by atoms with van der Waals surface area (Å²) < 4.78 is 18.4. The van der Waals surface area contributed by atoms with Crippen molar-refractivity contribution in [3.05, 3.63) is 41.7 Å². The second kappa shape index (κ2) is 9.33. The molecule has 122 valence electrons. The zero-order chi connectivity index (χ0) is 16.5. The lowest BCUT2D eigenvalue weighted by Gasteiger charge is -2.13. The van der Waals surface area contributed by atoms with E-state index in [9.17, 15) is 14.3 Å². The van der Waals surface area contributed by atoms with Gasteiger partial charge in [0.1, 0.15) is 5.82 Å². The first kappa shape index (κ1) is 18.3. The number of aliphatic hydroxyl groups is 1. The highest BCUT2D eigenvalue weighted by Crippen LogP contribution is 2.14. The van der Waals surface area contributed by atoms with E-state index in [1.54, 1.807) is 19.1 Å². The number of halogens is 1. The van der Waals surface area contributed by atoms with Gasteiger partial charge in [-0.2, -0.15) is 0 Å². The van der Waals surface area contributed by atoms with Crippen molar-refractivity contribution in [1.82, 2.24) is 5.32 Å². The quantitative estimate of drug-likeness (QED) is 0.725. The van der Waals surface area contributed by atoms with E-state index in [1.807, 2.05) is 13.8 Å². The number of hydrogen-bond donors (Lipinski definition) is 2. The van der Waals surface area contributed by atoms with E-state index >= 15 is 0 Å². The van der Waals surface area contributed by atoms with Gasteiger partial charge in [0, 0.05) is 19.2 Å². The van der Waals surface area contributed by atoms with Crippen molar-refractivity contribution in [3.8, 4) is 0 Å². The van der Waals surface area contributed by atoms with Gasteiger partial charge in [-0.15, -0.1) is 0 Å². The summed E-state index contributed by atoms with van der Waals surface area (Å²) in [7, 11) is 0. The SMILES string of the molecule is CC(=CC(=O)NCC(O)COCC(C)C)c1cccc(F)c1. The van der Waals surface area contributed by atoms with Crippen molar-refractivity contribution >= 4 is 11.5 Å². The first-order chi connectivity index (χ1) is 10.4. The number of hydrogen-bond acceptors (Lipinski definition) is 3. The molecule has 5 heteroatoms. The van der Waals surface area contributed by atoms with Crippen LogP contribution in [0.5, 0.6) is 0 Å². The number of ether oxygens (including phenoxy) is 1. The Bertz CT molecular complexity index is 514. The third-order valence-corrected chi connectivity index (χ3v) is 2.90. The van der Waals surface area contributed by atoms with Crippen molar-refractivity contribution in [1.29, 1.82) is 0 Å². The summed E-state index contributed by atoms with van der Waals surface area (Å²) in [6, 6.07) is 6.05. The summed E-state index contributed by atoms with van der Waals surface area (Å²) in [6.45, 7) is 6.65. The zero-order valence-corrected chi connectivity index (χ0v) is 13.3. The molecule has 0 spiro atoms. The van der Waals surface area contributed by atoms with Gasteiger partial charge in [0.05, 0.1) is 12.7 Å². The molecule has 1 aromatic carbocycles. The first-order valence-electron chi connectivity index (χ1n) is 7.36. The summed E-state index contributed by atoms with van der Waals surface area (Å²) in [5, 5.41) is 12.3. The van der Waals surface area contributed by atoms with Gasteiger partial charge in [-0.25, -0.2) is 4.39 Å². The van der Waals surface area contributed by atoms with Gasteiger partial charge in [-0.3, -0.25) is 4.79 Å². The molecular weight excluding hydrogens is 285 g/mol. The summed E-state index contributed by atoms with van der Waals surface area (Å²) in [6.07, 6.45) is 0.641. The molecule has 0 radical (unpaired) electrons. The average molecular weight is 309 g/mol. The number of carbonyl (C=O) groups excluding carboxylic acids is 1. The van der Waals surface area contributed by atoms with Crippen LogP contribution in [-0.2, 0) is 9.53 Å². The number of nitrogens with one attached hydrogen (secondary N) is 1. The fourth-order valence-corrected chi connectivity index (χ4v) is 1.78. The molecule has 22 heavy (non-hydrogen) atoms. The molecule has 0 aromatic heterocycles. The summed E-state index contributed by atoms with van der Waals surface area (Å²) >= 11 is 0. The van der Waals surface area contributed by atoms with Gasteiger partial charge < -0.3 is 15.2 Å². The Morgan fingerprint density at radius 3 is 2.77 bits per heavy atom. The second-order valence-electron chi connectivity index (χ2n) is 5.67. The molecule has 0 bridgehead atoms. The molecule has 0 fully saturated rings. The molecule has 0 heterocycles. The summed E-state index contributed by atoms with van der Waals surface area (Å²) in [4.78, 5) is 11.8. The van der Waals surface area contributed by atoms with Crippen LogP contribution in [0.1, 0.15) is 26.3 Å². The van der Waals surface area contributed by atoms with E-state index in [2.05, 4.69) is 5.32 Å². The van der Waals surface area contributed by atoms with Crippen LogP contribution in [0.4, 0.5) is 4.39 Å². The van der Waals surface area contributed by atoms with Crippen LogP contribution in [0.2, 0.25) is 0 Å². The molecule has 0 aliphatic heterocycles. The molecule has 1 unspecified atom stereocenters. The normalized spacial score (nSPS) is 13.3. The third-order valence-electron chi connectivity index (χ3n) is 2.90. The van der Waals surface area contributed by atoms with Gasteiger partial charge in [0.25, 0.3) is 0 Å². The van der Waals surface area contributed by atoms with Crippen molar-refractivity contribution < 1.29 is 19.0 Å². The van der Waals surface area contributed by atoms with Gasteiger partial charge in [0.2, 0.25) is 5.91 Å². The van der Waals surface area contributed by atoms with E-state index in [4.69, 9.17) is 4.74 Å². The molecule has 1 rings (SSSR count). The maximum Gasteiger partial charge on any atom is 0.244 e.